The maximum atomic E-state index is 13.0. The van der Waals surface area contributed by atoms with E-state index in [4.69, 9.17) is 37.0 Å². The van der Waals surface area contributed by atoms with Crippen molar-refractivity contribution in [3.05, 3.63) is 0 Å². The molecule has 0 aliphatic rings. The van der Waals surface area contributed by atoms with Crippen molar-refractivity contribution in [3.63, 3.8) is 0 Å². The van der Waals surface area contributed by atoms with Gasteiger partial charge in [0.15, 0.2) is 12.2 Å². The second-order valence-corrected chi connectivity index (χ2v) is 28.4. The maximum Gasteiger partial charge on any atom is 0.472 e. The molecular weight excluding hydrogens is 1150 g/mol. The quantitative estimate of drug-likeness (QED) is 0.0222. The molecule has 5 atom stereocenters. The Bertz CT molecular complexity index is 1700. The fourth-order valence-corrected chi connectivity index (χ4v) is 11.8. The number of rotatable bonds is 67. The normalized spacial score (nSPS) is 14.2. The van der Waals surface area contributed by atoms with Crippen LogP contribution in [0.4, 0.5) is 0 Å². The molecule has 0 spiro atoms. The van der Waals surface area contributed by atoms with Crippen LogP contribution in [0.25, 0.3) is 0 Å². The number of ether oxygens (including phenoxy) is 4. The third-order valence-electron chi connectivity index (χ3n) is 15.7. The van der Waals surface area contributed by atoms with Gasteiger partial charge in [-0.3, -0.25) is 37.3 Å². The highest BCUT2D eigenvalue weighted by atomic mass is 31.2. The van der Waals surface area contributed by atoms with E-state index in [0.29, 0.717) is 25.7 Å². The minimum atomic E-state index is -4.95. The van der Waals surface area contributed by atoms with Gasteiger partial charge in [0.1, 0.15) is 19.3 Å². The van der Waals surface area contributed by atoms with Crippen LogP contribution < -0.4 is 0 Å². The van der Waals surface area contributed by atoms with Gasteiger partial charge in [0.2, 0.25) is 0 Å². The summed E-state index contributed by atoms with van der Waals surface area (Å²) in [6.07, 6.45) is 44.4. The molecule has 0 radical (unpaired) electrons. The molecule has 0 heterocycles. The number of unbranched alkanes of at least 4 members (excludes halogenated alkanes) is 37. The van der Waals surface area contributed by atoms with Gasteiger partial charge in [0, 0.05) is 25.7 Å². The predicted molar refractivity (Wildman–Crippen MR) is 349 cm³/mol. The fourth-order valence-electron chi connectivity index (χ4n) is 10.2. The van der Waals surface area contributed by atoms with Crippen molar-refractivity contribution in [3.8, 4) is 0 Å². The minimum absolute atomic E-state index is 0.106. The molecule has 2 unspecified atom stereocenters. The van der Waals surface area contributed by atoms with Crippen molar-refractivity contribution in [1.29, 1.82) is 0 Å². The van der Waals surface area contributed by atoms with Crippen LogP contribution in [0.15, 0.2) is 0 Å². The van der Waals surface area contributed by atoms with Gasteiger partial charge in [-0.05, 0) is 37.5 Å². The molecule has 17 nitrogen and oxygen atoms in total. The summed E-state index contributed by atoms with van der Waals surface area (Å²) in [5.74, 6) is -0.598. The summed E-state index contributed by atoms with van der Waals surface area (Å²) in [5.41, 5.74) is 0. The lowest BCUT2D eigenvalue weighted by Gasteiger charge is -2.21. The number of aliphatic hydroxyl groups excluding tert-OH is 1. The zero-order valence-corrected chi connectivity index (χ0v) is 58.1. The Morgan fingerprint density at radius 3 is 0.782 bits per heavy atom. The number of phosphoric acid groups is 2. The average Bonchev–Trinajstić information content (AvgIpc) is 3.52. The SMILES string of the molecule is CCCCCCCCCCCCC(=O)O[C@H](COC(=O)CCCCCCCCCCC)COP(=O)(O)OC[C@H](O)COP(=O)(O)OC[C@@H](COC(=O)CCCCCCCCCCCC(C)C)OC(=O)CCCCCCCCCCCCCCCC(C)C. The van der Waals surface area contributed by atoms with Crippen LogP contribution in [-0.4, -0.2) is 96.7 Å². The van der Waals surface area contributed by atoms with Gasteiger partial charge in [-0.15, -0.1) is 0 Å². The van der Waals surface area contributed by atoms with E-state index >= 15 is 0 Å². The van der Waals surface area contributed by atoms with Crippen LogP contribution in [-0.2, 0) is 65.4 Å². The van der Waals surface area contributed by atoms with Gasteiger partial charge in [-0.2, -0.15) is 0 Å². The van der Waals surface area contributed by atoms with Crippen molar-refractivity contribution in [1.82, 2.24) is 0 Å². The average molecular weight is 1280 g/mol. The predicted octanol–water partition coefficient (Wildman–Crippen LogP) is 19.2. The van der Waals surface area contributed by atoms with Crippen LogP contribution in [0.2, 0.25) is 0 Å². The molecule has 87 heavy (non-hydrogen) atoms. The van der Waals surface area contributed by atoms with E-state index < -0.39 is 97.5 Å². The second-order valence-electron chi connectivity index (χ2n) is 25.5. The lowest BCUT2D eigenvalue weighted by Crippen LogP contribution is -2.30. The highest BCUT2D eigenvalue weighted by Crippen LogP contribution is 2.45. The van der Waals surface area contributed by atoms with Gasteiger partial charge >= 0.3 is 39.5 Å². The van der Waals surface area contributed by atoms with E-state index in [-0.39, 0.29) is 25.7 Å². The first-order valence-corrected chi connectivity index (χ1v) is 38.5. The molecule has 0 aliphatic carbocycles. The molecule has 19 heteroatoms. The van der Waals surface area contributed by atoms with Crippen molar-refractivity contribution in [2.45, 2.75) is 362 Å². The Labute approximate surface area is 530 Å². The fraction of sp³-hybridized carbons (Fsp3) is 0.941. The van der Waals surface area contributed by atoms with Gasteiger partial charge in [0.05, 0.1) is 26.4 Å². The van der Waals surface area contributed by atoms with Crippen LogP contribution >= 0.6 is 15.6 Å². The van der Waals surface area contributed by atoms with Crippen LogP contribution in [0.5, 0.6) is 0 Å². The molecule has 516 valence electrons. The van der Waals surface area contributed by atoms with E-state index in [1.165, 1.54) is 161 Å². The van der Waals surface area contributed by atoms with E-state index in [9.17, 15) is 43.2 Å². The Hall–Kier alpha value is -1.94. The van der Waals surface area contributed by atoms with E-state index in [1.807, 2.05) is 0 Å². The monoisotopic (exact) mass is 1280 g/mol. The summed E-state index contributed by atoms with van der Waals surface area (Å²) in [6, 6.07) is 0. The molecule has 0 aliphatic heterocycles. The standard InChI is InChI=1S/C68H132O17P2/c1-7-9-11-13-15-17-27-34-40-46-52-67(72)84-63(56-78-65(70)50-44-38-32-24-16-14-12-10-8-2)58-82-86(74,75)80-54-62(69)55-81-87(76,77)83-59-64(57-79-66(71)51-45-39-33-29-23-26-31-37-43-49-61(5)6)85-68(73)53-47-41-35-28-22-20-18-19-21-25-30-36-42-48-60(3)4/h60-64,69H,7-59H2,1-6H3,(H,74,75)(H,76,77)/t62-,63+,64+/m0/s1. The molecule has 0 saturated heterocycles. The van der Waals surface area contributed by atoms with Crippen molar-refractivity contribution < 1.29 is 80.2 Å². The van der Waals surface area contributed by atoms with Crippen LogP contribution in [0.1, 0.15) is 343 Å². The number of carbonyl (C=O) groups excluding carboxylic acids is 4. The molecule has 0 aromatic carbocycles. The Kier molecular flexibility index (Phi) is 59.0. The smallest absolute Gasteiger partial charge is 0.462 e. The first kappa shape index (κ1) is 85.1. The van der Waals surface area contributed by atoms with Gasteiger partial charge in [-0.25, -0.2) is 9.13 Å². The summed E-state index contributed by atoms with van der Waals surface area (Å²) in [4.78, 5) is 72.4. The zero-order chi connectivity index (χ0) is 64.3. The van der Waals surface area contributed by atoms with Gasteiger partial charge in [-0.1, -0.05) is 292 Å². The Balaban J connectivity index is 5.23. The lowest BCUT2D eigenvalue weighted by molar-refractivity contribution is -0.161. The zero-order valence-electron chi connectivity index (χ0n) is 56.3. The molecule has 0 rings (SSSR count). The Morgan fingerprint density at radius 1 is 0.310 bits per heavy atom. The molecule has 3 N–H and O–H groups in total. The summed E-state index contributed by atoms with van der Waals surface area (Å²) in [6.45, 7) is 9.51. The molecule has 0 bridgehead atoms. The van der Waals surface area contributed by atoms with Gasteiger partial charge < -0.3 is 33.8 Å². The van der Waals surface area contributed by atoms with Crippen LogP contribution in [0, 0.1) is 11.8 Å². The first-order chi connectivity index (χ1) is 41.9. The molecule has 0 aromatic heterocycles. The summed E-state index contributed by atoms with van der Waals surface area (Å²) in [5, 5.41) is 10.6. The largest absolute Gasteiger partial charge is 0.472 e. The van der Waals surface area contributed by atoms with Crippen LogP contribution in [0.3, 0.4) is 0 Å². The number of hydrogen-bond donors (Lipinski definition) is 3. The van der Waals surface area contributed by atoms with Crippen molar-refractivity contribution in [2.75, 3.05) is 39.6 Å². The third-order valence-corrected chi connectivity index (χ3v) is 17.6. The van der Waals surface area contributed by atoms with E-state index in [2.05, 4.69) is 41.5 Å². The first-order valence-electron chi connectivity index (χ1n) is 35.5. The molecule has 0 aromatic rings. The molecule has 0 fully saturated rings. The maximum absolute atomic E-state index is 13.0. The minimum Gasteiger partial charge on any atom is -0.462 e. The van der Waals surface area contributed by atoms with Crippen molar-refractivity contribution in [2.24, 2.45) is 11.8 Å². The number of carbonyl (C=O) groups is 4. The number of phosphoric ester groups is 2. The number of esters is 4. The molecule has 0 amide bonds. The highest BCUT2D eigenvalue weighted by molar-refractivity contribution is 7.47. The lowest BCUT2D eigenvalue weighted by atomic mass is 10.0. The Morgan fingerprint density at radius 2 is 0.529 bits per heavy atom. The van der Waals surface area contributed by atoms with Crippen molar-refractivity contribution >= 4 is 39.5 Å². The van der Waals surface area contributed by atoms with E-state index in [1.54, 1.807) is 0 Å². The molecular formula is C68H132O17P2. The van der Waals surface area contributed by atoms with Gasteiger partial charge in [0.25, 0.3) is 0 Å². The summed E-state index contributed by atoms with van der Waals surface area (Å²) < 4.78 is 68.1. The number of aliphatic hydroxyl groups is 1. The molecule has 0 saturated carbocycles. The summed E-state index contributed by atoms with van der Waals surface area (Å²) in [7, 11) is -9.89. The third kappa shape index (κ3) is 62.6. The highest BCUT2D eigenvalue weighted by Gasteiger charge is 2.30. The second kappa shape index (κ2) is 60.3. The summed E-state index contributed by atoms with van der Waals surface area (Å²) >= 11 is 0. The topological polar surface area (TPSA) is 237 Å². The number of hydrogen-bond acceptors (Lipinski definition) is 15. The van der Waals surface area contributed by atoms with E-state index in [0.717, 1.165) is 102 Å².